The van der Waals surface area contributed by atoms with E-state index in [2.05, 4.69) is 4.74 Å². The van der Waals surface area contributed by atoms with E-state index in [1.807, 2.05) is 0 Å². The van der Waals surface area contributed by atoms with Gasteiger partial charge in [-0.2, -0.15) is 8.78 Å². The number of carbonyl (C=O) groups is 1. The summed E-state index contributed by atoms with van der Waals surface area (Å²) in [6.07, 6.45) is 4.24. The Morgan fingerprint density at radius 1 is 1.50 bits per heavy atom. The number of carboxylic acid groups (broad SMARTS) is 1. The zero-order valence-electron chi connectivity index (χ0n) is 7.84. The lowest BCUT2D eigenvalue weighted by Gasteiger charge is -2.25. The van der Waals surface area contributed by atoms with E-state index < -0.39 is 18.5 Å². The molecule has 0 heterocycles. The summed E-state index contributed by atoms with van der Waals surface area (Å²) in [6, 6.07) is 0. The molecule has 1 fully saturated rings. The Hall–Kier alpha value is -0.710. The van der Waals surface area contributed by atoms with E-state index >= 15 is 0 Å². The minimum atomic E-state index is -3.75. The van der Waals surface area contributed by atoms with Gasteiger partial charge in [-0.15, -0.1) is 0 Å². The van der Waals surface area contributed by atoms with Gasteiger partial charge >= 0.3 is 11.9 Å². The average molecular weight is 208 g/mol. The molecule has 1 N–H and O–H groups in total. The Bertz CT molecular complexity index is 202. The van der Waals surface area contributed by atoms with E-state index in [9.17, 15) is 13.6 Å². The summed E-state index contributed by atoms with van der Waals surface area (Å²) >= 11 is 0. The second kappa shape index (κ2) is 4.68. The molecule has 14 heavy (non-hydrogen) atoms. The zero-order valence-corrected chi connectivity index (χ0v) is 7.84. The van der Waals surface area contributed by atoms with Crippen LogP contribution in [0.25, 0.3) is 0 Å². The van der Waals surface area contributed by atoms with Crippen LogP contribution >= 0.6 is 0 Å². The molecule has 82 valence electrons. The lowest BCUT2D eigenvalue weighted by Crippen LogP contribution is -2.34. The summed E-state index contributed by atoms with van der Waals surface area (Å²) in [5.41, 5.74) is 0. The van der Waals surface area contributed by atoms with Crippen LogP contribution in [0.1, 0.15) is 25.7 Å². The normalized spacial score (nSPS) is 17.9. The van der Waals surface area contributed by atoms with Crippen LogP contribution in [0.4, 0.5) is 8.78 Å². The largest absolute Gasteiger partial charge is 0.477 e. The summed E-state index contributed by atoms with van der Waals surface area (Å²) in [5.74, 6) is -5.28. The molecule has 1 rings (SSSR count). The van der Waals surface area contributed by atoms with Gasteiger partial charge in [0.2, 0.25) is 0 Å². The van der Waals surface area contributed by atoms with Crippen LogP contribution in [0.2, 0.25) is 0 Å². The van der Waals surface area contributed by atoms with Crippen molar-refractivity contribution in [1.29, 1.82) is 0 Å². The number of carboxylic acids is 1. The zero-order chi connectivity index (χ0) is 10.6. The Labute approximate surface area is 81.1 Å². The van der Waals surface area contributed by atoms with Crippen molar-refractivity contribution in [3.63, 3.8) is 0 Å². The molecule has 0 bridgehead atoms. The number of aliphatic carboxylic acids is 1. The quantitative estimate of drug-likeness (QED) is 0.678. The summed E-state index contributed by atoms with van der Waals surface area (Å²) in [7, 11) is 0. The predicted octanol–water partition coefficient (Wildman–Crippen LogP) is 1.91. The van der Waals surface area contributed by atoms with Crippen molar-refractivity contribution in [2.75, 3.05) is 13.2 Å². The van der Waals surface area contributed by atoms with Crippen LogP contribution in [0.15, 0.2) is 0 Å². The molecule has 5 heteroatoms. The van der Waals surface area contributed by atoms with Crippen molar-refractivity contribution < 1.29 is 23.4 Å². The second-order valence-corrected chi connectivity index (χ2v) is 3.65. The van der Waals surface area contributed by atoms with Gasteiger partial charge in [-0.1, -0.05) is 19.3 Å². The first-order chi connectivity index (χ1) is 6.52. The topological polar surface area (TPSA) is 46.5 Å². The first-order valence-electron chi connectivity index (χ1n) is 4.71. The minimum absolute atomic E-state index is 0.230. The van der Waals surface area contributed by atoms with E-state index in [1.165, 1.54) is 6.42 Å². The summed E-state index contributed by atoms with van der Waals surface area (Å²) < 4.78 is 29.5. The molecule has 1 aliphatic carbocycles. The van der Waals surface area contributed by atoms with Gasteiger partial charge in [-0.3, -0.25) is 0 Å². The molecule has 0 saturated heterocycles. The van der Waals surface area contributed by atoms with Crippen LogP contribution in [0, 0.1) is 5.92 Å². The minimum Gasteiger partial charge on any atom is -0.477 e. The summed E-state index contributed by atoms with van der Waals surface area (Å²) in [5, 5.41) is 8.08. The SMILES string of the molecule is O=C(O)C(F)(F)COCCC1CCC1. The molecule has 0 amide bonds. The smallest absolute Gasteiger partial charge is 0.377 e. The molecule has 0 aromatic carbocycles. The first kappa shape index (κ1) is 11.4. The predicted molar refractivity (Wildman–Crippen MR) is 45.4 cm³/mol. The molecule has 0 radical (unpaired) electrons. The van der Waals surface area contributed by atoms with Crippen LogP contribution in [0.3, 0.4) is 0 Å². The second-order valence-electron chi connectivity index (χ2n) is 3.65. The van der Waals surface area contributed by atoms with E-state index in [0.717, 1.165) is 19.3 Å². The molecular formula is C9H14F2O3. The van der Waals surface area contributed by atoms with E-state index in [-0.39, 0.29) is 6.61 Å². The van der Waals surface area contributed by atoms with E-state index in [0.29, 0.717) is 5.92 Å². The van der Waals surface area contributed by atoms with Crippen LogP contribution in [-0.4, -0.2) is 30.2 Å². The van der Waals surface area contributed by atoms with Crippen molar-refractivity contribution in [3.05, 3.63) is 0 Å². The van der Waals surface area contributed by atoms with Gasteiger partial charge in [0.15, 0.2) is 0 Å². The number of ether oxygens (including phenoxy) is 1. The van der Waals surface area contributed by atoms with Crippen LogP contribution in [0.5, 0.6) is 0 Å². The fourth-order valence-corrected chi connectivity index (χ4v) is 1.29. The molecule has 0 aromatic rings. The number of rotatable bonds is 6. The van der Waals surface area contributed by atoms with Gasteiger partial charge in [0, 0.05) is 6.61 Å². The maximum Gasteiger partial charge on any atom is 0.377 e. The van der Waals surface area contributed by atoms with Crippen molar-refractivity contribution in [1.82, 2.24) is 0 Å². The molecule has 0 spiro atoms. The maximum atomic E-state index is 12.4. The monoisotopic (exact) mass is 208 g/mol. The number of halogens is 2. The van der Waals surface area contributed by atoms with Crippen molar-refractivity contribution in [2.45, 2.75) is 31.6 Å². The van der Waals surface area contributed by atoms with Gasteiger partial charge in [-0.05, 0) is 12.3 Å². The summed E-state index contributed by atoms with van der Waals surface area (Å²) in [4.78, 5) is 9.99. The maximum absolute atomic E-state index is 12.4. The highest BCUT2D eigenvalue weighted by atomic mass is 19.3. The van der Waals surface area contributed by atoms with Crippen molar-refractivity contribution in [3.8, 4) is 0 Å². The van der Waals surface area contributed by atoms with Gasteiger partial charge in [0.05, 0.1) is 0 Å². The highest BCUT2D eigenvalue weighted by molar-refractivity contribution is 5.75. The first-order valence-corrected chi connectivity index (χ1v) is 4.71. The van der Waals surface area contributed by atoms with Crippen molar-refractivity contribution in [2.24, 2.45) is 5.92 Å². The van der Waals surface area contributed by atoms with E-state index in [4.69, 9.17) is 5.11 Å². The fraction of sp³-hybridized carbons (Fsp3) is 0.889. The van der Waals surface area contributed by atoms with Gasteiger partial charge in [0.25, 0.3) is 0 Å². The third kappa shape index (κ3) is 3.21. The van der Waals surface area contributed by atoms with Crippen LogP contribution in [-0.2, 0) is 9.53 Å². The van der Waals surface area contributed by atoms with Gasteiger partial charge in [0.1, 0.15) is 6.61 Å². The molecule has 1 aliphatic rings. The Morgan fingerprint density at radius 2 is 2.14 bits per heavy atom. The van der Waals surface area contributed by atoms with Crippen LogP contribution < -0.4 is 0 Å². The molecule has 0 unspecified atom stereocenters. The number of hydrogen-bond donors (Lipinski definition) is 1. The number of hydrogen-bond acceptors (Lipinski definition) is 2. The molecule has 0 atom stereocenters. The van der Waals surface area contributed by atoms with Crippen molar-refractivity contribution >= 4 is 5.97 Å². The molecule has 0 aromatic heterocycles. The molecule has 1 saturated carbocycles. The molecule has 3 nitrogen and oxygen atoms in total. The third-order valence-corrected chi connectivity index (χ3v) is 2.49. The Balaban J connectivity index is 2.04. The molecule has 0 aliphatic heterocycles. The fourth-order valence-electron chi connectivity index (χ4n) is 1.29. The number of alkyl halides is 2. The van der Waals surface area contributed by atoms with E-state index in [1.54, 1.807) is 0 Å². The Kier molecular flexibility index (Phi) is 3.80. The Morgan fingerprint density at radius 3 is 2.57 bits per heavy atom. The molecular weight excluding hydrogens is 194 g/mol. The standard InChI is InChI=1S/C9H14F2O3/c10-9(11,8(12)13)6-14-5-4-7-2-1-3-7/h7H,1-6H2,(H,12,13). The highest BCUT2D eigenvalue weighted by Gasteiger charge is 2.39. The third-order valence-electron chi connectivity index (χ3n) is 2.49. The highest BCUT2D eigenvalue weighted by Crippen LogP contribution is 2.29. The van der Waals surface area contributed by atoms with Gasteiger partial charge < -0.3 is 9.84 Å². The summed E-state index contributed by atoms with van der Waals surface area (Å²) in [6.45, 7) is -0.789. The lowest BCUT2D eigenvalue weighted by atomic mass is 9.83. The van der Waals surface area contributed by atoms with Gasteiger partial charge in [-0.25, -0.2) is 4.79 Å². The average Bonchev–Trinajstić information content (AvgIpc) is 2.00. The lowest BCUT2D eigenvalue weighted by molar-refractivity contribution is -0.173.